The molecule has 1 amide bonds. The average molecular weight is 258 g/mol. The van der Waals surface area contributed by atoms with Gasteiger partial charge in [0.05, 0.1) is 6.10 Å². The molecule has 0 aromatic carbocycles. The first-order valence-electron chi connectivity index (χ1n) is 4.60. The zero-order valence-corrected chi connectivity index (χ0v) is 9.00. The predicted molar refractivity (Wildman–Crippen MR) is 50.4 cm³/mol. The van der Waals surface area contributed by atoms with Crippen molar-refractivity contribution < 1.29 is 32.6 Å². The molecule has 3 N–H and O–H groups in total. The molecule has 100 valence electrons. The van der Waals surface area contributed by atoms with Crippen LogP contribution in [0.2, 0.25) is 0 Å². The molecule has 0 bridgehead atoms. The van der Waals surface area contributed by atoms with E-state index in [0.29, 0.717) is 0 Å². The summed E-state index contributed by atoms with van der Waals surface area (Å²) in [6, 6.07) is 0. The third kappa shape index (κ3) is 7.53. The van der Waals surface area contributed by atoms with Crippen LogP contribution in [0.25, 0.3) is 0 Å². The number of likely N-dealkylation sites (N-methyl/N-ethyl adjacent to an activating group) is 1. The molecule has 0 aromatic rings. The van der Waals surface area contributed by atoms with E-state index in [4.69, 9.17) is 14.6 Å². The van der Waals surface area contributed by atoms with Gasteiger partial charge in [-0.2, -0.15) is 13.2 Å². The number of rotatable bonds is 3. The second-order valence-electron chi connectivity index (χ2n) is 3.07. The van der Waals surface area contributed by atoms with Crippen molar-refractivity contribution in [2.75, 3.05) is 26.7 Å². The van der Waals surface area contributed by atoms with Crippen LogP contribution in [0.3, 0.4) is 0 Å². The molecule has 0 radical (unpaired) electrons. The van der Waals surface area contributed by atoms with Gasteiger partial charge in [0.25, 0.3) is 0 Å². The van der Waals surface area contributed by atoms with Gasteiger partial charge in [-0.15, -0.1) is 0 Å². The molecule has 1 saturated heterocycles. The first-order chi connectivity index (χ1) is 7.77. The van der Waals surface area contributed by atoms with E-state index >= 15 is 0 Å². The third-order valence-electron chi connectivity index (χ3n) is 1.72. The predicted octanol–water partition coefficient (Wildman–Crippen LogP) is -0.646. The molecule has 0 aromatic heterocycles. The van der Waals surface area contributed by atoms with Crippen LogP contribution in [-0.2, 0) is 14.3 Å². The Morgan fingerprint density at radius 1 is 1.47 bits per heavy atom. The molecule has 6 nitrogen and oxygen atoms in total. The van der Waals surface area contributed by atoms with E-state index in [1.54, 1.807) is 7.05 Å². The molecule has 1 fully saturated rings. The molecule has 0 spiro atoms. The Morgan fingerprint density at radius 3 is 2.18 bits per heavy atom. The van der Waals surface area contributed by atoms with E-state index in [0.717, 1.165) is 13.1 Å². The van der Waals surface area contributed by atoms with E-state index in [1.807, 2.05) is 0 Å². The van der Waals surface area contributed by atoms with Crippen molar-refractivity contribution in [3.8, 4) is 0 Å². The molecule has 17 heavy (non-hydrogen) atoms. The summed E-state index contributed by atoms with van der Waals surface area (Å²) in [5, 5.41) is 12.7. The normalized spacial score (nSPS) is 15.3. The average Bonchev–Trinajstić information content (AvgIpc) is 2.14. The summed E-state index contributed by atoms with van der Waals surface area (Å²) in [7, 11) is 1.60. The summed E-state index contributed by atoms with van der Waals surface area (Å²) in [6.07, 6.45) is -4.84. The van der Waals surface area contributed by atoms with E-state index in [2.05, 4.69) is 10.6 Å². The topological polar surface area (TPSA) is 87.7 Å². The van der Waals surface area contributed by atoms with Gasteiger partial charge in [0, 0.05) is 20.1 Å². The molecular weight excluding hydrogens is 245 g/mol. The van der Waals surface area contributed by atoms with Crippen molar-refractivity contribution >= 4 is 11.9 Å². The highest BCUT2D eigenvalue weighted by molar-refractivity contribution is 5.76. The molecule has 0 atom stereocenters. The van der Waals surface area contributed by atoms with E-state index < -0.39 is 12.1 Å². The smallest absolute Gasteiger partial charge is 0.475 e. The summed E-state index contributed by atoms with van der Waals surface area (Å²) < 4.78 is 36.9. The Balaban J connectivity index is 0.000000325. The standard InChI is InChI=1S/C6H12N2O2.C2HF3O2/c1-7-6(9)4-10-5-2-8-3-5;3-2(4,5)1(6)7/h5,8H,2-4H2,1H3,(H,7,9);(H,6,7). The summed E-state index contributed by atoms with van der Waals surface area (Å²) in [4.78, 5) is 19.5. The number of aliphatic carboxylic acids is 1. The van der Waals surface area contributed by atoms with Crippen LogP contribution in [0, 0.1) is 0 Å². The third-order valence-corrected chi connectivity index (χ3v) is 1.72. The van der Waals surface area contributed by atoms with Crippen molar-refractivity contribution in [1.82, 2.24) is 10.6 Å². The number of alkyl halides is 3. The van der Waals surface area contributed by atoms with Crippen LogP contribution in [0.15, 0.2) is 0 Å². The Bertz CT molecular complexity index is 266. The number of hydrogen-bond acceptors (Lipinski definition) is 4. The summed E-state index contributed by atoms with van der Waals surface area (Å²) >= 11 is 0. The zero-order valence-electron chi connectivity index (χ0n) is 9.00. The van der Waals surface area contributed by atoms with Gasteiger partial charge in [0.15, 0.2) is 0 Å². The van der Waals surface area contributed by atoms with E-state index in [-0.39, 0.29) is 18.6 Å². The fourth-order valence-electron chi connectivity index (χ4n) is 0.646. The SMILES string of the molecule is CNC(=O)COC1CNC1.O=C(O)C(F)(F)F. The lowest BCUT2D eigenvalue weighted by Gasteiger charge is -2.26. The van der Waals surface area contributed by atoms with Crippen LogP contribution in [0.1, 0.15) is 0 Å². The molecule has 0 saturated carbocycles. The molecule has 1 aliphatic rings. The molecule has 1 aliphatic heterocycles. The minimum Gasteiger partial charge on any atom is -0.475 e. The van der Waals surface area contributed by atoms with Crippen LogP contribution in [0.5, 0.6) is 0 Å². The minimum absolute atomic E-state index is 0.0631. The lowest BCUT2D eigenvalue weighted by Crippen LogP contribution is -2.49. The number of carboxylic acid groups (broad SMARTS) is 1. The van der Waals surface area contributed by atoms with Crippen LogP contribution in [0.4, 0.5) is 13.2 Å². The van der Waals surface area contributed by atoms with Gasteiger partial charge in [-0.25, -0.2) is 4.79 Å². The molecule has 1 rings (SSSR count). The second-order valence-corrected chi connectivity index (χ2v) is 3.07. The number of carboxylic acids is 1. The first kappa shape index (κ1) is 15.7. The molecule has 9 heteroatoms. The Labute approximate surface area is 95.1 Å². The van der Waals surface area contributed by atoms with Gasteiger partial charge in [-0.3, -0.25) is 4.79 Å². The number of carbonyl (C=O) groups is 2. The number of carbonyl (C=O) groups excluding carboxylic acids is 1. The van der Waals surface area contributed by atoms with Crippen LogP contribution < -0.4 is 10.6 Å². The van der Waals surface area contributed by atoms with E-state index in [1.165, 1.54) is 0 Å². The van der Waals surface area contributed by atoms with Gasteiger partial charge in [-0.1, -0.05) is 0 Å². The van der Waals surface area contributed by atoms with Gasteiger partial charge in [-0.05, 0) is 0 Å². The largest absolute Gasteiger partial charge is 0.490 e. The number of halogens is 3. The minimum atomic E-state index is -5.08. The summed E-state index contributed by atoms with van der Waals surface area (Å²) in [5.74, 6) is -2.82. The van der Waals surface area contributed by atoms with Crippen molar-refractivity contribution in [2.45, 2.75) is 12.3 Å². The van der Waals surface area contributed by atoms with Crippen molar-refractivity contribution in [3.05, 3.63) is 0 Å². The van der Waals surface area contributed by atoms with E-state index in [9.17, 15) is 18.0 Å². The number of amides is 1. The maximum atomic E-state index is 10.6. The highest BCUT2D eigenvalue weighted by Gasteiger charge is 2.38. The first-order valence-corrected chi connectivity index (χ1v) is 4.60. The summed E-state index contributed by atoms with van der Waals surface area (Å²) in [5.41, 5.74) is 0. The van der Waals surface area contributed by atoms with Gasteiger partial charge < -0.3 is 20.5 Å². The lowest BCUT2D eigenvalue weighted by atomic mass is 10.2. The fourth-order valence-corrected chi connectivity index (χ4v) is 0.646. The highest BCUT2D eigenvalue weighted by atomic mass is 19.4. The Kier molecular flexibility index (Phi) is 6.51. The van der Waals surface area contributed by atoms with Gasteiger partial charge >= 0.3 is 12.1 Å². The van der Waals surface area contributed by atoms with Crippen molar-refractivity contribution in [1.29, 1.82) is 0 Å². The monoisotopic (exact) mass is 258 g/mol. The van der Waals surface area contributed by atoms with Gasteiger partial charge in [0.1, 0.15) is 6.61 Å². The highest BCUT2D eigenvalue weighted by Crippen LogP contribution is 2.13. The van der Waals surface area contributed by atoms with Gasteiger partial charge in [0.2, 0.25) is 5.91 Å². The number of nitrogens with one attached hydrogen (secondary N) is 2. The fraction of sp³-hybridized carbons (Fsp3) is 0.750. The number of hydrogen-bond donors (Lipinski definition) is 3. The Hall–Kier alpha value is -1.35. The zero-order chi connectivity index (χ0) is 13.5. The summed E-state index contributed by atoms with van der Waals surface area (Å²) in [6.45, 7) is 1.93. The van der Waals surface area contributed by atoms with Crippen LogP contribution >= 0.6 is 0 Å². The number of ether oxygens (including phenoxy) is 1. The lowest BCUT2D eigenvalue weighted by molar-refractivity contribution is -0.192. The van der Waals surface area contributed by atoms with Crippen molar-refractivity contribution in [2.24, 2.45) is 0 Å². The second kappa shape index (κ2) is 7.07. The Morgan fingerprint density at radius 2 is 1.94 bits per heavy atom. The van der Waals surface area contributed by atoms with Crippen LogP contribution in [-0.4, -0.2) is 56.0 Å². The molecule has 0 aliphatic carbocycles. The molecular formula is C8H13F3N2O4. The molecule has 0 unspecified atom stereocenters. The molecule has 1 heterocycles. The maximum absolute atomic E-state index is 10.6. The van der Waals surface area contributed by atoms with Crippen molar-refractivity contribution in [3.63, 3.8) is 0 Å². The maximum Gasteiger partial charge on any atom is 0.490 e. The quantitative estimate of drug-likeness (QED) is 0.626.